The van der Waals surface area contributed by atoms with E-state index in [0.717, 1.165) is 5.82 Å². The lowest BCUT2D eigenvalue weighted by molar-refractivity contribution is 0.396. The summed E-state index contributed by atoms with van der Waals surface area (Å²) in [5.41, 5.74) is 0. The van der Waals surface area contributed by atoms with E-state index >= 15 is 0 Å². The molecule has 1 aliphatic rings. The SMILES string of the molecule is BC1CCCCCN(B)CCC1. The largest absolute Gasteiger partial charge is 0.349 e. The first-order valence-electron chi connectivity index (χ1n) is 5.47. The molecule has 0 bridgehead atoms. The molecule has 1 aliphatic heterocycles. The van der Waals surface area contributed by atoms with E-state index in [9.17, 15) is 0 Å². The van der Waals surface area contributed by atoms with Gasteiger partial charge in [0.2, 0.25) is 0 Å². The van der Waals surface area contributed by atoms with Crippen LogP contribution in [0.4, 0.5) is 0 Å². The third-order valence-electron chi connectivity index (χ3n) is 2.97. The third-order valence-corrected chi connectivity index (χ3v) is 2.97. The quantitative estimate of drug-likeness (QED) is 0.475. The Bertz CT molecular complexity index is 107. The Kier molecular flexibility index (Phi) is 4.82. The van der Waals surface area contributed by atoms with Gasteiger partial charge < -0.3 is 4.81 Å². The summed E-state index contributed by atoms with van der Waals surface area (Å²) >= 11 is 0. The average Bonchev–Trinajstić information content (AvgIpc) is 2.04. The van der Waals surface area contributed by atoms with Crippen LogP contribution in [0.5, 0.6) is 0 Å². The molecule has 0 N–H and O–H groups in total. The predicted octanol–water partition coefficient (Wildman–Crippen LogP) is 0.612. The second-order valence-electron chi connectivity index (χ2n) is 4.40. The van der Waals surface area contributed by atoms with E-state index in [4.69, 9.17) is 0 Å². The van der Waals surface area contributed by atoms with Gasteiger partial charge in [0.25, 0.3) is 0 Å². The molecule has 0 aromatic heterocycles. The van der Waals surface area contributed by atoms with Crippen molar-refractivity contribution in [2.24, 2.45) is 0 Å². The number of rotatable bonds is 0. The molecular formula is C9H21B2N. The zero-order valence-electron chi connectivity index (χ0n) is 8.68. The fourth-order valence-electron chi connectivity index (χ4n) is 2.02. The molecule has 0 amide bonds. The summed E-state index contributed by atoms with van der Waals surface area (Å²) in [6.45, 7) is 2.62. The molecule has 1 heterocycles. The van der Waals surface area contributed by atoms with Crippen LogP contribution in [-0.2, 0) is 0 Å². The summed E-state index contributed by atoms with van der Waals surface area (Å²) in [5.74, 6) is 0.969. The van der Waals surface area contributed by atoms with Crippen LogP contribution in [0.2, 0.25) is 5.82 Å². The van der Waals surface area contributed by atoms with Gasteiger partial charge in [0, 0.05) is 0 Å². The van der Waals surface area contributed by atoms with Gasteiger partial charge in [-0.15, -0.1) is 0 Å². The maximum absolute atomic E-state index is 2.48. The summed E-state index contributed by atoms with van der Waals surface area (Å²) in [5, 5.41) is 0. The molecule has 0 aromatic rings. The average molecular weight is 165 g/mol. The smallest absolute Gasteiger partial charge is 0.185 e. The van der Waals surface area contributed by atoms with Gasteiger partial charge in [-0.2, -0.15) is 0 Å². The maximum Gasteiger partial charge on any atom is 0.185 e. The molecule has 1 saturated heterocycles. The van der Waals surface area contributed by atoms with E-state index in [1.165, 1.54) is 51.6 Å². The first kappa shape index (κ1) is 10.2. The summed E-state index contributed by atoms with van der Waals surface area (Å²) in [4.78, 5) is 2.48. The molecule has 1 nitrogen and oxygen atoms in total. The molecule has 12 heavy (non-hydrogen) atoms. The normalized spacial score (nSPS) is 29.8. The Hall–Kier alpha value is 0.0899. The van der Waals surface area contributed by atoms with E-state index in [1.54, 1.807) is 0 Å². The molecule has 1 rings (SSSR count). The van der Waals surface area contributed by atoms with Crippen LogP contribution in [0.15, 0.2) is 0 Å². The lowest BCUT2D eigenvalue weighted by Gasteiger charge is -2.20. The van der Waals surface area contributed by atoms with Gasteiger partial charge >= 0.3 is 0 Å². The molecule has 1 fully saturated rings. The highest BCUT2D eigenvalue weighted by atomic mass is 15.0. The maximum atomic E-state index is 2.48. The first-order valence-corrected chi connectivity index (χ1v) is 5.47. The van der Waals surface area contributed by atoms with Crippen molar-refractivity contribution in [1.29, 1.82) is 0 Å². The summed E-state index contributed by atoms with van der Waals surface area (Å²) in [6.07, 6.45) is 8.60. The minimum Gasteiger partial charge on any atom is -0.349 e. The Balaban J connectivity index is 2.21. The molecule has 1 unspecified atom stereocenters. The zero-order valence-corrected chi connectivity index (χ0v) is 8.68. The molecule has 0 aromatic carbocycles. The monoisotopic (exact) mass is 165 g/mol. The molecule has 0 aliphatic carbocycles. The summed E-state index contributed by atoms with van der Waals surface area (Å²) in [6, 6.07) is 0. The molecule has 68 valence electrons. The molecule has 0 saturated carbocycles. The van der Waals surface area contributed by atoms with Gasteiger partial charge in [-0.25, -0.2) is 0 Å². The van der Waals surface area contributed by atoms with E-state index in [-0.39, 0.29) is 0 Å². The van der Waals surface area contributed by atoms with Crippen LogP contribution in [0, 0.1) is 0 Å². The van der Waals surface area contributed by atoms with Crippen molar-refractivity contribution >= 4 is 15.8 Å². The van der Waals surface area contributed by atoms with E-state index in [1.807, 2.05) is 0 Å². The highest BCUT2D eigenvalue weighted by Crippen LogP contribution is 2.19. The standard InChI is InChI=1S/C9H21B2N/c10-9-5-2-1-3-7-12(11)8-4-6-9/h9H,1-8,10-11H2. The lowest BCUT2D eigenvalue weighted by atomic mass is 9.79. The van der Waals surface area contributed by atoms with Crippen molar-refractivity contribution in [1.82, 2.24) is 4.81 Å². The van der Waals surface area contributed by atoms with Crippen LogP contribution < -0.4 is 0 Å². The van der Waals surface area contributed by atoms with Gasteiger partial charge in [0.15, 0.2) is 7.98 Å². The van der Waals surface area contributed by atoms with Crippen molar-refractivity contribution in [3.63, 3.8) is 0 Å². The van der Waals surface area contributed by atoms with E-state index in [2.05, 4.69) is 20.6 Å². The number of hydrogen-bond acceptors (Lipinski definition) is 1. The van der Waals surface area contributed by atoms with Crippen LogP contribution in [-0.4, -0.2) is 33.7 Å². The van der Waals surface area contributed by atoms with Gasteiger partial charge in [-0.3, -0.25) is 0 Å². The Labute approximate surface area is 78.7 Å². The van der Waals surface area contributed by atoms with Crippen molar-refractivity contribution in [3.05, 3.63) is 0 Å². The fraction of sp³-hybridized carbons (Fsp3) is 1.00. The zero-order chi connectivity index (χ0) is 8.81. The van der Waals surface area contributed by atoms with Crippen LogP contribution in [0.3, 0.4) is 0 Å². The van der Waals surface area contributed by atoms with Crippen LogP contribution in [0.1, 0.15) is 38.5 Å². The van der Waals surface area contributed by atoms with Crippen LogP contribution in [0.25, 0.3) is 0 Å². The second-order valence-corrected chi connectivity index (χ2v) is 4.40. The molecule has 0 radical (unpaired) electrons. The van der Waals surface area contributed by atoms with E-state index < -0.39 is 0 Å². The van der Waals surface area contributed by atoms with E-state index in [0.29, 0.717) is 0 Å². The van der Waals surface area contributed by atoms with Crippen molar-refractivity contribution in [2.75, 3.05) is 13.1 Å². The van der Waals surface area contributed by atoms with Gasteiger partial charge in [0.1, 0.15) is 7.85 Å². The van der Waals surface area contributed by atoms with Gasteiger partial charge in [-0.05, 0) is 25.9 Å². The van der Waals surface area contributed by atoms with Crippen LogP contribution >= 0.6 is 0 Å². The fourth-order valence-corrected chi connectivity index (χ4v) is 2.02. The lowest BCUT2D eigenvalue weighted by Crippen LogP contribution is -2.23. The summed E-state index contributed by atoms with van der Waals surface area (Å²) < 4.78 is 0. The Morgan fingerprint density at radius 1 is 0.917 bits per heavy atom. The number of hydrogen-bond donors (Lipinski definition) is 0. The molecule has 3 heteroatoms. The summed E-state index contributed by atoms with van der Waals surface area (Å²) in [7, 11) is 4.66. The Morgan fingerprint density at radius 2 is 1.58 bits per heavy atom. The first-order chi connectivity index (χ1) is 5.79. The Morgan fingerprint density at radius 3 is 2.42 bits per heavy atom. The highest BCUT2D eigenvalue weighted by molar-refractivity contribution is 6.11. The minimum absolute atomic E-state index is 0.969. The molecule has 1 atom stereocenters. The molecule has 0 spiro atoms. The minimum atomic E-state index is 0.969. The van der Waals surface area contributed by atoms with Gasteiger partial charge in [0.05, 0.1) is 0 Å². The van der Waals surface area contributed by atoms with Crippen molar-refractivity contribution in [2.45, 2.75) is 44.3 Å². The topological polar surface area (TPSA) is 3.24 Å². The highest BCUT2D eigenvalue weighted by Gasteiger charge is 2.06. The second kappa shape index (κ2) is 5.69. The third kappa shape index (κ3) is 4.20. The number of nitrogens with zero attached hydrogens (tertiary/aromatic N) is 1. The van der Waals surface area contributed by atoms with Crippen molar-refractivity contribution in [3.8, 4) is 0 Å². The van der Waals surface area contributed by atoms with Crippen molar-refractivity contribution < 1.29 is 0 Å². The predicted molar refractivity (Wildman–Crippen MR) is 60.1 cm³/mol. The van der Waals surface area contributed by atoms with Gasteiger partial charge in [-0.1, -0.05) is 31.5 Å². The molecular weight excluding hydrogens is 144 g/mol.